The second-order valence-corrected chi connectivity index (χ2v) is 5.87. The molecular weight excluding hydrogens is 264 g/mol. The van der Waals surface area contributed by atoms with Crippen LogP contribution in [0.4, 0.5) is 11.4 Å². The van der Waals surface area contributed by atoms with Gasteiger partial charge in [-0.25, -0.2) is 0 Å². The molecule has 0 saturated carbocycles. The van der Waals surface area contributed by atoms with Gasteiger partial charge in [-0.15, -0.1) is 0 Å². The number of carbonyl (C=O) groups excluding carboxylic acids is 1. The molecule has 1 aromatic carbocycles. The molecule has 0 fully saturated rings. The molecule has 4 nitrogen and oxygen atoms in total. The summed E-state index contributed by atoms with van der Waals surface area (Å²) in [6.45, 7) is 7.80. The fourth-order valence-electron chi connectivity index (χ4n) is 2.02. The zero-order chi connectivity index (χ0) is 15.7. The molecule has 0 heterocycles. The maximum atomic E-state index is 11.8. The van der Waals surface area contributed by atoms with Gasteiger partial charge in [-0.2, -0.15) is 0 Å². The Balaban J connectivity index is 2.15. The van der Waals surface area contributed by atoms with Crippen LogP contribution >= 0.6 is 0 Å². The molecule has 21 heavy (non-hydrogen) atoms. The molecule has 1 amide bonds. The summed E-state index contributed by atoms with van der Waals surface area (Å²) in [5, 5.41) is 2.89. The minimum Gasteiger partial charge on any atom is -0.399 e. The summed E-state index contributed by atoms with van der Waals surface area (Å²) in [4.78, 5) is 11.8. The van der Waals surface area contributed by atoms with Crippen molar-refractivity contribution in [2.24, 2.45) is 5.92 Å². The first-order valence-corrected chi connectivity index (χ1v) is 7.72. The van der Waals surface area contributed by atoms with Gasteiger partial charge >= 0.3 is 0 Å². The summed E-state index contributed by atoms with van der Waals surface area (Å²) in [5.41, 5.74) is 8.18. The molecule has 0 atom stereocenters. The fourth-order valence-corrected chi connectivity index (χ4v) is 2.02. The number of nitrogens with two attached hydrogens (primary N) is 1. The van der Waals surface area contributed by atoms with Gasteiger partial charge in [-0.05, 0) is 49.8 Å². The highest BCUT2D eigenvalue weighted by atomic mass is 16.5. The summed E-state index contributed by atoms with van der Waals surface area (Å²) in [7, 11) is 0. The van der Waals surface area contributed by atoms with E-state index in [1.165, 1.54) is 6.42 Å². The summed E-state index contributed by atoms with van der Waals surface area (Å²) in [5.74, 6) is 0.732. The number of anilines is 2. The Morgan fingerprint density at radius 3 is 2.71 bits per heavy atom. The average Bonchev–Trinajstić information content (AvgIpc) is 2.41. The van der Waals surface area contributed by atoms with Gasteiger partial charge in [-0.3, -0.25) is 4.79 Å². The molecule has 0 saturated heterocycles. The van der Waals surface area contributed by atoms with Crippen LogP contribution in [0.2, 0.25) is 0 Å². The topological polar surface area (TPSA) is 64.3 Å². The number of nitrogens with one attached hydrogen (secondary N) is 1. The Labute approximate surface area is 128 Å². The van der Waals surface area contributed by atoms with Crippen molar-refractivity contribution in [2.45, 2.75) is 46.5 Å². The van der Waals surface area contributed by atoms with E-state index in [4.69, 9.17) is 10.5 Å². The highest BCUT2D eigenvalue weighted by molar-refractivity contribution is 5.91. The van der Waals surface area contributed by atoms with E-state index in [0.717, 1.165) is 36.6 Å². The van der Waals surface area contributed by atoms with Gasteiger partial charge in [0.25, 0.3) is 0 Å². The standard InChI is InChI=1S/C17H28N2O2/c1-13(2)6-4-10-21-11-5-7-17(20)19-16-12-15(18)9-8-14(16)3/h8-9,12-13H,4-7,10-11,18H2,1-3H3,(H,19,20). The van der Waals surface area contributed by atoms with Crippen LogP contribution in [0.5, 0.6) is 0 Å². The van der Waals surface area contributed by atoms with Crippen molar-refractivity contribution in [3.63, 3.8) is 0 Å². The van der Waals surface area contributed by atoms with Gasteiger partial charge in [0.05, 0.1) is 0 Å². The fraction of sp³-hybridized carbons (Fsp3) is 0.588. The van der Waals surface area contributed by atoms with Crippen molar-refractivity contribution in [3.8, 4) is 0 Å². The van der Waals surface area contributed by atoms with Crippen LogP contribution < -0.4 is 11.1 Å². The Bertz CT molecular complexity index is 444. The van der Waals surface area contributed by atoms with Crippen LogP contribution in [-0.4, -0.2) is 19.1 Å². The SMILES string of the molecule is Cc1ccc(N)cc1NC(=O)CCCOCCCC(C)C. The number of aryl methyl sites for hydroxylation is 1. The van der Waals surface area contributed by atoms with Crippen molar-refractivity contribution in [3.05, 3.63) is 23.8 Å². The quantitative estimate of drug-likeness (QED) is 0.538. The lowest BCUT2D eigenvalue weighted by molar-refractivity contribution is -0.116. The number of benzene rings is 1. The van der Waals surface area contributed by atoms with Gasteiger partial charge in [0.1, 0.15) is 0 Å². The van der Waals surface area contributed by atoms with Crippen LogP contribution in [0, 0.1) is 12.8 Å². The second-order valence-electron chi connectivity index (χ2n) is 5.87. The molecule has 0 aliphatic heterocycles. The lowest BCUT2D eigenvalue weighted by Gasteiger charge is -2.09. The first kappa shape index (κ1) is 17.5. The summed E-state index contributed by atoms with van der Waals surface area (Å²) < 4.78 is 5.53. The van der Waals surface area contributed by atoms with E-state index in [2.05, 4.69) is 19.2 Å². The van der Waals surface area contributed by atoms with Gasteiger partial charge < -0.3 is 15.8 Å². The molecule has 4 heteroatoms. The number of rotatable bonds is 9. The molecule has 0 unspecified atom stereocenters. The molecule has 1 rings (SSSR count). The predicted octanol–water partition coefficient (Wildman–Crippen LogP) is 3.75. The molecule has 0 spiro atoms. The molecule has 0 aliphatic carbocycles. The number of nitrogen functional groups attached to an aromatic ring is 1. The summed E-state index contributed by atoms with van der Waals surface area (Å²) in [6, 6.07) is 5.52. The van der Waals surface area contributed by atoms with Crippen molar-refractivity contribution >= 4 is 17.3 Å². The van der Waals surface area contributed by atoms with Crippen molar-refractivity contribution in [1.82, 2.24) is 0 Å². The van der Waals surface area contributed by atoms with E-state index in [1.807, 2.05) is 19.1 Å². The third-order valence-electron chi connectivity index (χ3n) is 3.30. The van der Waals surface area contributed by atoms with Gasteiger partial charge in [0, 0.05) is 31.0 Å². The molecule has 0 bridgehead atoms. The maximum Gasteiger partial charge on any atom is 0.224 e. The molecular formula is C17H28N2O2. The average molecular weight is 292 g/mol. The first-order chi connectivity index (χ1) is 9.99. The highest BCUT2D eigenvalue weighted by Crippen LogP contribution is 2.18. The number of hydrogen-bond donors (Lipinski definition) is 2. The van der Waals surface area contributed by atoms with E-state index in [-0.39, 0.29) is 5.91 Å². The van der Waals surface area contributed by atoms with E-state index in [9.17, 15) is 4.79 Å². The highest BCUT2D eigenvalue weighted by Gasteiger charge is 2.05. The Morgan fingerprint density at radius 1 is 1.29 bits per heavy atom. The van der Waals surface area contributed by atoms with Crippen LogP contribution in [0.15, 0.2) is 18.2 Å². The molecule has 3 N–H and O–H groups in total. The Morgan fingerprint density at radius 2 is 2.00 bits per heavy atom. The number of ether oxygens (including phenoxy) is 1. The molecule has 0 aromatic heterocycles. The van der Waals surface area contributed by atoms with Crippen LogP contribution in [0.1, 0.15) is 45.1 Å². The zero-order valence-corrected chi connectivity index (χ0v) is 13.4. The summed E-state index contributed by atoms with van der Waals surface area (Å²) >= 11 is 0. The number of hydrogen-bond acceptors (Lipinski definition) is 3. The number of amides is 1. The predicted molar refractivity (Wildman–Crippen MR) is 88.3 cm³/mol. The van der Waals surface area contributed by atoms with Crippen LogP contribution in [-0.2, 0) is 9.53 Å². The van der Waals surface area contributed by atoms with E-state index in [1.54, 1.807) is 6.07 Å². The van der Waals surface area contributed by atoms with Gasteiger partial charge in [0.15, 0.2) is 0 Å². The minimum atomic E-state index is 0.00878. The molecule has 0 aliphatic rings. The third kappa shape index (κ3) is 7.71. The monoisotopic (exact) mass is 292 g/mol. The maximum absolute atomic E-state index is 11.8. The van der Waals surface area contributed by atoms with Gasteiger partial charge in [-0.1, -0.05) is 19.9 Å². The van der Waals surface area contributed by atoms with Crippen molar-refractivity contribution < 1.29 is 9.53 Å². The smallest absolute Gasteiger partial charge is 0.224 e. The van der Waals surface area contributed by atoms with E-state index in [0.29, 0.717) is 18.7 Å². The molecule has 1 aromatic rings. The largest absolute Gasteiger partial charge is 0.399 e. The lowest BCUT2D eigenvalue weighted by atomic mass is 10.1. The van der Waals surface area contributed by atoms with Crippen LogP contribution in [0.3, 0.4) is 0 Å². The third-order valence-corrected chi connectivity index (χ3v) is 3.30. The van der Waals surface area contributed by atoms with Crippen LogP contribution in [0.25, 0.3) is 0 Å². The summed E-state index contributed by atoms with van der Waals surface area (Å²) in [6.07, 6.45) is 3.49. The Hall–Kier alpha value is -1.55. The molecule has 118 valence electrons. The second kappa shape index (κ2) is 9.40. The minimum absolute atomic E-state index is 0.00878. The van der Waals surface area contributed by atoms with E-state index < -0.39 is 0 Å². The number of carbonyl (C=O) groups is 1. The zero-order valence-electron chi connectivity index (χ0n) is 13.4. The first-order valence-electron chi connectivity index (χ1n) is 7.72. The molecule has 0 radical (unpaired) electrons. The van der Waals surface area contributed by atoms with E-state index >= 15 is 0 Å². The lowest BCUT2D eigenvalue weighted by Crippen LogP contribution is -2.13. The van der Waals surface area contributed by atoms with Crippen molar-refractivity contribution in [1.29, 1.82) is 0 Å². The Kier molecular flexibility index (Phi) is 7.83. The normalized spacial score (nSPS) is 10.9. The van der Waals surface area contributed by atoms with Gasteiger partial charge in [0.2, 0.25) is 5.91 Å². The van der Waals surface area contributed by atoms with Crippen molar-refractivity contribution in [2.75, 3.05) is 24.3 Å².